The molecule has 2 aliphatic heterocycles. The molecule has 8 heteroatoms. The number of unbranched alkanes of at least 4 members (excludes halogenated alkanes) is 1. The van der Waals surface area contributed by atoms with Crippen LogP contribution in [0.5, 0.6) is 0 Å². The number of nitrogens with zero attached hydrogens (tertiary/aromatic N) is 2. The summed E-state index contributed by atoms with van der Waals surface area (Å²) in [6.07, 6.45) is 7.79. The van der Waals surface area contributed by atoms with Crippen LogP contribution in [0.15, 0.2) is 48.5 Å². The third kappa shape index (κ3) is 5.84. The van der Waals surface area contributed by atoms with Crippen LogP contribution in [0.2, 0.25) is 0 Å². The number of piperidine rings is 2. The number of hydrogen-bond donors (Lipinski definition) is 2. The molecule has 8 nitrogen and oxygen atoms in total. The molecule has 2 aromatic carbocycles. The molecule has 4 atom stereocenters. The zero-order valence-electron chi connectivity index (χ0n) is 27.4. The fourth-order valence-electron chi connectivity index (χ4n) is 9.86. The van der Waals surface area contributed by atoms with Gasteiger partial charge < -0.3 is 30.7 Å². The molecule has 2 saturated heterocycles. The summed E-state index contributed by atoms with van der Waals surface area (Å²) in [4.78, 5) is 29.5. The molecule has 4 aliphatic rings. The smallest absolute Gasteiger partial charge is 0.248 e. The van der Waals surface area contributed by atoms with Gasteiger partial charge in [-0.05, 0) is 87.0 Å². The molecular weight excluding hydrogens is 564 g/mol. The third-order valence-corrected chi connectivity index (χ3v) is 11.7. The van der Waals surface area contributed by atoms with Crippen molar-refractivity contribution in [3.63, 3.8) is 0 Å². The predicted octanol–water partition coefficient (Wildman–Crippen LogP) is 4.76. The van der Waals surface area contributed by atoms with Gasteiger partial charge in [-0.3, -0.25) is 9.59 Å². The second kappa shape index (κ2) is 13.1. The lowest BCUT2D eigenvalue weighted by molar-refractivity contribution is -0.213. The van der Waals surface area contributed by atoms with E-state index in [1.807, 2.05) is 37.4 Å². The van der Waals surface area contributed by atoms with Gasteiger partial charge in [-0.25, -0.2) is 0 Å². The van der Waals surface area contributed by atoms with Crippen molar-refractivity contribution in [3.8, 4) is 0 Å². The molecule has 2 aliphatic carbocycles. The molecule has 4 unspecified atom stereocenters. The molecule has 4 bridgehead atoms. The minimum absolute atomic E-state index is 0.259. The predicted molar refractivity (Wildman–Crippen MR) is 176 cm³/mol. The number of primary amides is 2. The van der Waals surface area contributed by atoms with Gasteiger partial charge in [-0.1, -0.05) is 44.0 Å². The summed E-state index contributed by atoms with van der Waals surface area (Å²) >= 11 is 0. The summed E-state index contributed by atoms with van der Waals surface area (Å²) in [5.74, 6) is 0.820. The molecule has 2 heterocycles. The zero-order chi connectivity index (χ0) is 31.8. The molecule has 2 saturated carbocycles. The molecule has 4 fully saturated rings. The normalized spacial score (nSPS) is 33.5. The van der Waals surface area contributed by atoms with Crippen LogP contribution in [0.4, 0.5) is 0 Å². The van der Waals surface area contributed by atoms with Crippen LogP contribution < -0.4 is 11.5 Å². The topological polar surface area (TPSA) is 111 Å². The molecule has 0 radical (unpaired) electrons. The van der Waals surface area contributed by atoms with Crippen molar-refractivity contribution in [2.24, 2.45) is 41.1 Å². The average Bonchev–Trinajstić information content (AvgIpc) is 3.02. The van der Waals surface area contributed by atoms with Crippen molar-refractivity contribution in [3.05, 3.63) is 70.8 Å². The van der Waals surface area contributed by atoms with E-state index < -0.39 is 23.0 Å². The van der Waals surface area contributed by atoms with Crippen LogP contribution in [-0.4, -0.2) is 75.1 Å². The number of fused-ring (bicyclic) bond motifs is 4. The van der Waals surface area contributed by atoms with Gasteiger partial charge in [0.1, 0.15) is 11.2 Å². The summed E-state index contributed by atoms with van der Waals surface area (Å²) < 4.78 is 14.0. The molecule has 2 aromatic rings. The van der Waals surface area contributed by atoms with E-state index in [-0.39, 0.29) is 11.8 Å². The first kappa shape index (κ1) is 32.2. The second-order valence-corrected chi connectivity index (χ2v) is 14.4. The maximum Gasteiger partial charge on any atom is 0.248 e. The Morgan fingerprint density at radius 2 is 1.40 bits per heavy atom. The van der Waals surface area contributed by atoms with E-state index >= 15 is 0 Å². The highest BCUT2D eigenvalue weighted by atomic mass is 16.5. The number of carbonyl (C=O) groups excluding carboxylic acids is 2. The number of ether oxygens (including phenoxy) is 2. The quantitative estimate of drug-likeness (QED) is 0.377. The Balaban J connectivity index is 1.31. The number of amides is 2. The SMILES string of the molecule is CCCCN1CC2CC(COC3(c4cccc(C(N)=O)c4)C4CCCC3CN(C)C4)CC(C1)C2(OC)c1cccc(C(N)=O)c1. The first-order valence-electron chi connectivity index (χ1n) is 17.1. The van der Waals surface area contributed by atoms with Gasteiger partial charge in [0.25, 0.3) is 0 Å². The van der Waals surface area contributed by atoms with Crippen molar-refractivity contribution in [1.29, 1.82) is 0 Å². The Morgan fingerprint density at radius 1 is 0.844 bits per heavy atom. The highest BCUT2D eigenvalue weighted by molar-refractivity contribution is 5.93. The monoisotopic (exact) mass is 616 g/mol. The number of benzene rings is 2. The van der Waals surface area contributed by atoms with Crippen LogP contribution in [0.1, 0.15) is 83.7 Å². The summed E-state index contributed by atoms with van der Waals surface area (Å²) in [7, 11) is 4.06. The maximum absolute atomic E-state index is 12.2. The number of carbonyl (C=O) groups is 2. The molecule has 45 heavy (non-hydrogen) atoms. The number of hydrogen-bond acceptors (Lipinski definition) is 6. The molecule has 4 N–H and O–H groups in total. The van der Waals surface area contributed by atoms with Gasteiger partial charge in [0.15, 0.2) is 0 Å². The summed E-state index contributed by atoms with van der Waals surface area (Å²) in [6, 6.07) is 15.8. The molecule has 244 valence electrons. The molecule has 0 spiro atoms. The van der Waals surface area contributed by atoms with Gasteiger partial charge in [-0.2, -0.15) is 0 Å². The van der Waals surface area contributed by atoms with E-state index in [9.17, 15) is 9.59 Å². The number of rotatable bonds is 11. The minimum Gasteiger partial charge on any atom is -0.373 e. The Hall–Kier alpha value is -2.78. The fourth-order valence-corrected chi connectivity index (χ4v) is 9.86. The average molecular weight is 617 g/mol. The van der Waals surface area contributed by atoms with Gasteiger partial charge in [0.2, 0.25) is 11.8 Å². The van der Waals surface area contributed by atoms with E-state index in [0.717, 1.165) is 69.5 Å². The van der Waals surface area contributed by atoms with Crippen LogP contribution >= 0.6 is 0 Å². The highest BCUT2D eigenvalue weighted by Crippen LogP contribution is 2.55. The Bertz CT molecular complexity index is 1350. The summed E-state index contributed by atoms with van der Waals surface area (Å²) in [5, 5.41) is 0. The molecule has 6 rings (SSSR count). The lowest BCUT2D eigenvalue weighted by Crippen LogP contribution is -2.61. The van der Waals surface area contributed by atoms with Crippen molar-refractivity contribution < 1.29 is 19.1 Å². The van der Waals surface area contributed by atoms with Gasteiger partial charge in [0.05, 0.1) is 6.61 Å². The fraction of sp³-hybridized carbons (Fsp3) is 0.622. The molecule has 2 amide bonds. The van der Waals surface area contributed by atoms with Crippen LogP contribution in [0, 0.1) is 29.6 Å². The number of methoxy groups -OCH3 is 1. The third-order valence-electron chi connectivity index (χ3n) is 11.7. The minimum atomic E-state index is -0.470. The van der Waals surface area contributed by atoms with Crippen molar-refractivity contribution in [2.75, 3.05) is 53.5 Å². The van der Waals surface area contributed by atoms with Crippen molar-refractivity contribution >= 4 is 11.8 Å². The van der Waals surface area contributed by atoms with Gasteiger partial charge in [-0.15, -0.1) is 0 Å². The van der Waals surface area contributed by atoms with Gasteiger partial charge in [0, 0.05) is 68.1 Å². The van der Waals surface area contributed by atoms with Crippen LogP contribution in [0.3, 0.4) is 0 Å². The molecule has 0 aromatic heterocycles. The maximum atomic E-state index is 12.2. The number of nitrogens with two attached hydrogens (primary N) is 2. The lowest BCUT2D eigenvalue weighted by atomic mass is 9.59. The van der Waals surface area contributed by atoms with Gasteiger partial charge >= 0.3 is 0 Å². The Kier molecular flexibility index (Phi) is 9.40. The Labute approximate surface area is 268 Å². The van der Waals surface area contributed by atoms with E-state index in [4.69, 9.17) is 20.9 Å². The number of likely N-dealkylation sites (tertiary alicyclic amines) is 2. The second-order valence-electron chi connectivity index (χ2n) is 14.4. The highest BCUT2D eigenvalue weighted by Gasteiger charge is 2.57. The summed E-state index contributed by atoms with van der Waals surface area (Å²) in [5.41, 5.74) is 13.8. The van der Waals surface area contributed by atoms with Crippen molar-refractivity contribution in [1.82, 2.24) is 9.80 Å². The summed E-state index contributed by atoms with van der Waals surface area (Å²) in [6.45, 7) is 7.93. The van der Waals surface area contributed by atoms with E-state index in [0.29, 0.717) is 35.5 Å². The largest absolute Gasteiger partial charge is 0.373 e. The van der Waals surface area contributed by atoms with Crippen LogP contribution in [0.25, 0.3) is 0 Å². The zero-order valence-corrected chi connectivity index (χ0v) is 27.4. The van der Waals surface area contributed by atoms with E-state index in [2.05, 4.69) is 35.9 Å². The first-order chi connectivity index (χ1) is 21.7. The molecular formula is C37H52N4O4. The standard InChI is InChI=1S/C37H52N4O4/c1-4-5-15-41-22-32-16-25(17-33(23-41)36(32,44-3)28-11-6-9-26(18-28)34(38)42)24-45-37(29-12-7-10-27(19-29)35(39)43)30-13-8-14-31(37)21-40(2)20-30/h6-7,9-12,18-19,25,30-33H,4-5,8,13-17,20-24H2,1-3H3,(H2,38,42)(H2,39,43). The Morgan fingerprint density at radius 3 is 1.91 bits per heavy atom. The van der Waals surface area contributed by atoms with Crippen molar-refractivity contribution in [2.45, 2.75) is 63.1 Å². The van der Waals surface area contributed by atoms with E-state index in [1.54, 1.807) is 6.07 Å². The lowest BCUT2D eigenvalue weighted by Gasteiger charge is -2.58. The first-order valence-corrected chi connectivity index (χ1v) is 17.1. The van der Waals surface area contributed by atoms with Crippen LogP contribution in [-0.2, 0) is 20.7 Å². The van der Waals surface area contributed by atoms with E-state index in [1.165, 1.54) is 19.3 Å².